The van der Waals surface area contributed by atoms with Crippen LogP contribution < -0.4 is 5.56 Å². The van der Waals surface area contributed by atoms with Crippen molar-refractivity contribution in [2.24, 2.45) is 5.92 Å². The lowest BCUT2D eigenvalue weighted by molar-refractivity contribution is 0.0731. The molecule has 1 aliphatic heterocycles. The first-order chi connectivity index (χ1) is 10.7. The second-order valence-corrected chi connectivity index (χ2v) is 6.28. The fraction of sp³-hybridized carbons (Fsp3) is 0.600. The van der Waals surface area contributed by atoms with Gasteiger partial charge in [0, 0.05) is 32.0 Å². The first kappa shape index (κ1) is 13.6. The van der Waals surface area contributed by atoms with Gasteiger partial charge in [-0.1, -0.05) is 5.16 Å². The maximum atomic E-state index is 12.1. The Morgan fingerprint density at radius 1 is 1.36 bits per heavy atom. The highest BCUT2D eigenvalue weighted by atomic mass is 16.5. The monoisotopic (exact) mass is 301 g/mol. The Hall–Kier alpha value is -2.02. The highest BCUT2D eigenvalue weighted by molar-refractivity contribution is 5.22. The summed E-state index contributed by atoms with van der Waals surface area (Å²) >= 11 is 0. The van der Waals surface area contributed by atoms with Crippen LogP contribution in [0.4, 0.5) is 0 Å². The molecule has 0 radical (unpaired) electrons. The fourth-order valence-corrected chi connectivity index (χ4v) is 3.34. The quantitative estimate of drug-likeness (QED) is 0.821. The number of nitrogens with zero attached hydrogens (tertiary/aromatic N) is 5. The molecule has 3 heterocycles. The average Bonchev–Trinajstić information content (AvgIpc) is 3.05. The molecular formula is C15H19N5O2. The van der Waals surface area contributed by atoms with Gasteiger partial charge in [0.2, 0.25) is 5.89 Å². The van der Waals surface area contributed by atoms with Gasteiger partial charge in [0.05, 0.1) is 18.8 Å². The molecule has 1 saturated heterocycles. The van der Waals surface area contributed by atoms with E-state index in [2.05, 4.69) is 20.1 Å². The van der Waals surface area contributed by atoms with E-state index < -0.39 is 0 Å². The third kappa shape index (κ3) is 2.56. The van der Waals surface area contributed by atoms with E-state index in [4.69, 9.17) is 4.52 Å². The van der Waals surface area contributed by atoms with Crippen LogP contribution in [0.25, 0.3) is 0 Å². The zero-order chi connectivity index (χ0) is 15.1. The summed E-state index contributed by atoms with van der Waals surface area (Å²) in [5, 5.41) is 8.44. The molecule has 2 aromatic rings. The van der Waals surface area contributed by atoms with Gasteiger partial charge in [0.25, 0.3) is 5.56 Å². The molecule has 0 N–H and O–H groups in total. The molecule has 0 saturated carbocycles. The fourth-order valence-electron chi connectivity index (χ4n) is 3.34. The third-order valence-electron chi connectivity index (χ3n) is 4.42. The van der Waals surface area contributed by atoms with Gasteiger partial charge in [-0.05, 0) is 24.8 Å². The van der Waals surface area contributed by atoms with Crippen LogP contribution in [0.5, 0.6) is 0 Å². The molecular weight excluding hydrogens is 282 g/mol. The van der Waals surface area contributed by atoms with Crippen molar-refractivity contribution in [3.63, 3.8) is 0 Å². The van der Waals surface area contributed by atoms with E-state index >= 15 is 0 Å². The third-order valence-corrected chi connectivity index (χ3v) is 4.42. The van der Waals surface area contributed by atoms with Crippen LogP contribution in [0.1, 0.15) is 29.4 Å². The number of hydrogen-bond donors (Lipinski definition) is 0. The minimum Gasteiger partial charge on any atom is -0.340 e. The van der Waals surface area contributed by atoms with E-state index in [1.54, 1.807) is 17.7 Å². The van der Waals surface area contributed by atoms with Gasteiger partial charge in [0.15, 0.2) is 5.82 Å². The number of aryl methyl sites for hydroxylation is 3. The highest BCUT2D eigenvalue weighted by Gasteiger charge is 2.29. The van der Waals surface area contributed by atoms with Crippen LogP contribution in [-0.4, -0.2) is 37.9 Å². The van der Waals surface area contributed by atoms with E-state index in [1.165, 1.54) is 0 Å². The van der Waals surface area contributed by atoms with Gasteiger partial charge in [-0.3, -0.25) is 9.69 Å². The Labute approximate surface area is 127 Å². The van der Waals surface area contributed by atoms with Crippen LogP contribution >= 0.6 is 0 Å². The van der Waals surface area contributed by atoms with Crippen molar-refractivity contribution in [3.8, 4) is 0 Å². The summed E-state index contributed by atoms with van der Waals surface area (Å²) in [5.41, 5.74) is 2.29. The summed E-state index contributed by atoms with van der Waals surface area (Å²) in [6, 6.07) is 1.77. The predicted octanol–water partition coefficient (Wildman–Crippen LogP) is 0.555. The zero-order valence-electron chi connectivity index (χ0n) is 12.7. The molecule has 1 aliphatic carbocycles. The molecule has 7 nitrogen and oxygen atoms in total. The Kier molecular flexibility index (Phi) is 3.29. The molecule has 2 aromatic heterocycles. The first-order valence-corrected chi connectivity index (χ1v) is 7.79. The minimum absolute atomic E-state index is 0.0351. The summed E-state index contributed by atoms with van der Waals surface area (Å²) in [4.78, 5) is 18.5. The lowest BCUT2D eigenvalue weighted by Crippen LogP contribution is -2.49. The second-order valence-electron chi connectivity index (χ2n) is 6.28. The largest absolute Gasteiger partial charge is 0.340 e. The topological polar surface area (TPSA) is 77.1 Å². The molecule has 0 unspecified atom stereocenters. The Bertz CT molecular complexity index is 745. The smallest absolute Gasteiger partial charge is 0.267 e. The molecule has 116 valence electrons. The van der Waals surface area contributed by atoms with Crippen molar-refractivity contribution in [1.82, 2.24) is 24.8 Å². The van der Waals surface area contributed by atoms with Gasteiger partial charge >= 0.3 is 0 Å². The summed E-state index contributed by atoms with van der Waals surface area (Å²) < 4.78 is 6.62. The molecule has 0 amide bonds. The van der Waals surface area contributed by atoms with Crippen molar-refractivity contribution >= 4 is 0 Å². The Balaban J connectivity index is 1.35. The van der Waals surface area contributed by atoms with E-state index in [9.17, 15) is 4.79 Å². The number of hydrogen-bond acceptors (Lipinski definition) is 6. The number of likely N-dealkylation sites (tertiary alicyclic amines) is 1. The average molecular weight is 301 g/mol. The first-order valence-electron chi connectivity index (χ1n) is 7.79. The maximum Gasteiger partial charge on any atom is 0.267 e. The molecule has 0 bridgehead atoms. The second kappa shape index (κ2) is 5.31. The van der Waals surface area contributed by atoms with E-state index in [-0.39, 0.29) is 5.56 Å². The maximum absolute atomic E-state index is 12.1. The van der Waals surface area contributed by atoms with E-state index in [1.807, 2.05) is 0 Å². The van der Waals surface area contributed by atoms with Crippen LogP contribution in [0.2, 0.25) is 0 Å². The van der Waals surface area contributed by atoms with E-state index in [0.29, 0.717) is 24.9 Å². The summed E-state index contributed by atoms with van der Waals surface area (Å²) in [6.45, 7) is 5.09. The zero-order valence-corrected chi connectivity index (χ0v) is 12.7. The van der Waals surface area contributed by atoms with Crippen LogP contribution in [0.3, 0.4) is 0 Å². The molecule has 7 heteroatoms. The van der Waals surface area contributed by atoms with Crippen molar-refractivity contribution in [2.75, 3.05) is 13.1 Å². The SMILES string of the molecule is Cc1nc(CN2CC(Cn3nc4c(cc3=O)CCC4)C2)no1. The predicted molar refractivity (Wildman–Crippen MR) is 78.3 cm³/mol. The van der Waals surface area contributed by atoms with E-state index in [0.717, 1.165) is 49.4 Å². The molecule has 0 atom stereocenters. The van der Waals surface area contributed by atoms with Gasteiger partial charge in [-0.25, -0.2) is 4.68 Å². The van der Waals surface area contributed by atoms with Gasteiger partial charge in [-0.2, -0.15) is 10.1 Å². The number of fused-ring (bicyclic) bond motifs is 1. The molecule has 4 rings (SSSR count). The molecule has 22 heavy (non-hydrogen) atoms. The molecule has 0 aromatic carbocycles. The lowest BCUT2D eigenvalue weighted by atomic mass is 10.0. The summed E-state index contributed by atoms with van der Waals surface area (Å²) in [7, 11) is 0. The standard InChI is InChI=1S/C15H19N5O2/c1-10-16-14(18-22-10)9-19-6-11(7-19)8-20-15(21)5-12-3-2-4-13(12)17-20/h5,11H,2-4,6-9H2,1H3. The van der Waals surface area contributed by atoms with Crippen molar-refractivity contribution in [3.05, 3.63) is 39.4 Å². The highest BCUT2D eigenvalue weighted by Crippen LogP contribution is 2.20. The van der Waals surface area contributed by atoms with Gasteiger partial charge < -0.3 is 4.52 Å². The summed E-state index contributed by atoms with van der Waals surface area (Å²) in [5.74, 6) is 1.79. The molecule has 1 fully saturated rings. The van der Waals surface area contributed by atoms with Gasteiger partial charge in [0.1, 0.15) is 0 Å². The Morgan fingerprint density at radius 3 is 3.00 bits per heavy atom. The van der Waals surface area contributed by atoms with Gasteiger partial charge in [-0.15, -0.1) is 0 Å². The van der Waals surface area contributed by atoms with Crippen molar-refractivity contribution < 1.29 is 4.52 Å². The molecule has 2 aliphatic rings. The summed E-state index contributed by atoms with van der Waals surface area (Å²) in [6.07, 6.45) is 3.12. The molecule has 0 spiro atoms. The number of rotatable bonds is 4. The van der Waals surface area contributed by atoms with Crippen molar-refractivity contribution in [2.45, 2.75) is 39.3 Å². The Morgan fingerprint density at radius 2 is 2.23 bits per heavy atom. The van der Waals surface area contributed by atoms with Crippen molar-refractivity contribution in [1.29, 1.82) is 0 Å². The van der Waals surface area contributed by atoms with Crippen LogP contribution in [0, 0.1) is 12.8 Å². The van der Waals surface area contributed by atoms with Crippen LogP contribution in [0.15, 0.2) is 15.4 Å². The minimum atomic E-state index is 0.0351. The normalized spacial score (nSPS) is 18.4. The number of aromatic nitrogens is 4. The van der Waals surface area contributed by atoms with Crippen LogP contribution in [-0.2, 0) is 25.9 Å². The lowest BCUT2D eigenvalue weighted by Gasteiger charge is -2.38.